The van der Waals surface area contributed by atoms with E-state index in [1.807, 2.05) is 13.0 Å². The normalized spacial score (nSPS) is 12.9. The molecule has 1 fully saturated rings. The predicted molar refractivity (Wildman–Crippen MR) is 119 cm³/mol. The number of nitrogens with zero attached hydrogens (tertiary/aromatic N) is 3. The van der Waals surface area contributed by atoms with E-state index in [4.69, 9.17) is 4.74 Å². The highest BCUT2D eigenvalue weighted by Gasteiger charge is 2.16. The van der Waals surface area contributed by atoms with Gasteiger partial charge in [-0.15, -0.1) is 12.8 Å². The second-order valence-electron chi connectivity index (χ2n) is 7.15. The van der Waals surface area contributed by atoms with E-state index in [1.165, 1.54) is 24.5 Å². The first-order chi connectivity index (χ1) is 14.7. The van der Waals surface area contributed by atoms with Crippen molar-refractivity contribution in [2.45, 2.75) is 32.9 Å². The average molecular weight is 399 g/mol. The minimum atomic E-state index is -0.0818. The van der Waals surface area contributed by atoms with E-state index in [9.17, 15) is 4.79 Å². The van der Waals surface area contributed by atoms with Gasteiger partial charge in [0, 0.05) is 24.2 Å². The third-order valence-electron chi connectivity index (χ3n) is 4.80. The Morgan fingerprint density at radius 1 is 1.13 bits per heavy atom. The molecule has 1 aromatic carbocycles. The maximum Gasteiger partial charge on any atom is 0.254 e. The molecule has 2 heterocycles. The molecule has 1 saturated carbocycles. The van der Waals surface area contributed by atoms with Gasteiger partial charge in [-0.05, 0) is 48.9 Å². The van der Waals surface area contributed by atoms with Gasteiger partial charge >= 0.3 is 0 Å². The third kappa shape index (κ3) is 5.92. The summed E-state index contributed by atoms with van der Waals surface area (Å²) in [6.45, 7) is 2.69. The van der Waals surface area contributed by atoms with Crippen LogP contribution in [0.2, 0.25) is 0 Å². The number of allylic oxidation sites excluding steroid dienone is 1. The van der Waals surface area contributed by atoms with Crippen LogP contribution in [-0.4, -0.2) is 14.5 Å². The number of ether oxygens (including phenoxy) is 1. The summed E-state index contributed by atoms with van der Waals surface area (Å²) in [6, 6.07) is 13.5. The average Bonchev–Trinajstić information content (AvgIpc) is 3.61. The zero-order valence-electron chi connectivity index (χ0n) is 17.1. The van der Waals surface area contributed by atoms with E-state index in [1.54, 1.807) is 23.0 Å². The topological polar surface area (TPSA) is 57.0 Å². The predicted octanol–water partition coefficient (Wildman–Crippen LogP) is 4.25. The van der Waals surface area contributed by atoms with Gasteiger partial charge in [-0.25, -0.2) is 9.97 Å². The number of aryl methyl sites for hydroxylation is 1. The molecule has 0 atom stereocenters. The molecule has 1 aliphatic rings. The van der Waals surface area contributed by atoms with Crippen LogP contribution in [0.15, 0.2) is 65.7 Å². The summed E-state index contributed by atoms with van der Waals surface area (Å²) in [5, 5.41) is 0. The van der Waals surface area contributed by atoms with Crippen LogP contribution in [0.5, 0.6) is 5.75 Å². The smallest absolute Gasteiger partial charge is 0.254 e. The lowest BCUT2D eigenvalue weighted by Gasteiger charge is -2.12. The Balaban J connectivity index is 0.00000124. The van der Waals surface area contributed by atoms with Crippen molar-refractivity contribution >= 4 is 6.08 Å². The van der Waals surface area contributed by atoms with Crippen LogP contribution in [0.4, 0.5) is 0 Å². The third-order valence-corrected chi connectivity index (χ3v) is 4.80. The van der Waals surface area contributed by atoms with E-state index < -0.39 is 0 Å². The molecular weight excluding hydrogens is 374 g/mol. The molecule has 4 rings (SSSR count). The molecule has 0 spiro atoms. The number of hydrogen-bond acceptors (Lipinski definition) is 4. The van der Waals surface area contributed by atoms with Crippen molar-refractivity contribution in [1.29, 1.82) is 0 Å². The van der Waals surface area contributed by atoms with Crippen molar-refractivity contribution in [3.63, 3.8) is 0 Å². The SMILES string of the molecule is C#C.Cc1cc(OCc2ncccn2)cc(=O)n1Cc1ccc(/C=C/C2CC2)cc1. The lowest BCUT2D eigenvalue weighted by Crippen LogP contribution is -2.22. The first kappa shape index (κ1) is 21.1. The highest BCUT2D eigenvalue weighted by atomic mass is 16.5. The van der Waals surface area contributed by atoms with Gasteiger partial charge in [-0.2, -0.15) is 0 Å². The largest absolute Gasteiger partial charge is 0.485 e. The Bertz CT molecular complexity index is 1060. The number of rotatable bonds is 7. The molecule has 0 amide bonds. The van der Waals surface area contributed by atoms with Gasteiger partial charge in [-0.3, -0.25) is 4.79 Å². The minimum Gasteiger partial charge on any atom is -0.485 e. The van der Waals surface area contributed by atoms with Crippen LogP contribution < -0.4 is 10.3 Å². The molecule has 0 N–H and O–H groups in total. The monoisotopic (exact) mass is 399 g/mol. The van der Waals surface area contributed by atoms with Gasteiger partial charge < -0.3 is 9.30 Å². The van der Waals surface area contributed by atoms with Gasteiger partial charge in [0.25, 0.3) is 5.56 Å². The maximum atomic E-state index is 12.6. The van der Waals surface area contributed by atoms with Gasteiger partial charge in [-0.1, -0.05) is 36.4 Å². The van der Waals surface area contributed by atoms with Crippen LogP contribution in [0.25, 0.3) is 6.08 Å². The molecular formula is C25H25N3O2. The Labute approximate surface area is 177 Å². The fraction of sp³-hybridized carbons (Fsp3) is 0.240. The molecule has 2 aromatic heterocycles. The van der Waals surface area contributed by atoms with E-state index in [2.05, 4.69) is 59.2 Å². The highest BCUT2D eigenvalue weighted by molar-refractivity contribution is 5.50. The van der Waals surface area contributed by atoms with Crippen LogP contribution in [0.3, 0.4) is 0 Å². The number of aromatic nitrogens is 3. The second-order valence-corrected chi connectivity index (χ2v) is 7.15. The van der Waals surface area contributed by atoms with Gasteiger partial charge in [0.05, 0.1) is 6.54 Å². The molecule has 5 nitrogen and oxygen atoms in total. The molecule has 0 unspecified atom stereocenters. The van der Waals surface area contributed by atoms with Crippen LogP contribution >= 0.6 is 0 Å². The Hall–Kier alpha value is -3.65. The number of pyridine rings is 1. The first-order valence-corrected chi connectivity index (χ1v) is 9.88. The van der Waals surface area contributed by atoms with Gasteiger partial charge in [0.1, 0.15) is 12.4 Å². The summed E-state index contributed by atoms with van der Waals surface area (Å²) in [6.07, 6.45) is 18.4. The second kappa shape index (κ2) is 10.2. The molecule has 152 valence electrons. The summed E-state index contributed by atoms with van der Waals surface area (Å²) < 4.78 is 7.43. The van der Waals surface area contributed by atoms with Crippen molar-refractivity contribution in [3.8, 4) is 18.6 Å². The van der Waals surface area contributed by atoms with E-state index >= 15 is 0 Å². The molecule has 0 aliphatic heterocycles. The summed E-state index contributed by atoms with van der Waals surface area (Å²) in [4.78, 5) is 20.8. The quantitative estimate of drug-likeness (QED) is 0.558. The van der Waals surface area contributed by atoms with Crippen molar-refractivity contribution < 1.29 is 4.74 Å². The highest BCUT2D eigenvalue weighted by Crippen LogP contribution is 2.30. The summed E-state index contributed by atoms with van der Waals surface area (Å²) in [7, 11) is 0. The van der Waals surface area contributed by atoms with Crippen molar-refractivity contribution in [2.24, 2.45) is 5.92 Å². The standard InChI is InChI=1S/C23H23N3O2.C2H2/c1-17-13-21(28-16-22-24-11-2-12-25-22)14-23(27)26(17)15-20-9-7-19(8-10-20)6-5-18-3-4-18;1-2/h2,5-14,18H,3-4,15-16H2,1H3;1-2H/b6-5+;. The minimum absolute atomic E-state index is 0.0818. The molecule has 1 aliphatic carbocycles. The van der Waals surface area contributed by atoms with E-state index in [0.717, 1.165) is 17.2 Å². The Kier molecular flexibility index (Phi) is 7.18. The van der Waals surface area contributed by atoms with Crippen molar-refractivity contribution in [2.75, 3.05) is 0 Å². The summed E-state index contributed by atoms with van der Waals surface area (Å²) in [5.41, 5.74) is 3.07. The van der Waals surface area contributed by atoms with Gasteiger partial charge in [0.15, 0.2) is 5.82 Å². The lowest BCUT2D eigenvalue weighted by molar-refractivity contribution is 0.294. The van der Waals surface area contributed by atoms with Crippen LogP contribution in [-0.2, 0) is 13.2 Å². The Morgan fingerprint density at radius 3 is 2.47 bits per heavy atom. The van der Waals surface area contributed by atoms with Crippen LogP contribution in [0.1, 0.15) is 35.5 Å². The fourth-order valence-electron chi connectivity index (χ4n) is 2.99. The van der Waals surface area contributed by atoms with E-state index in [-0.39, 0.29) is 12.2 Å². The van der Waals surface area contributed by atoms with Crippen LogP contribution in [0, 0.1) is 25.7 Å². The van der Waals surface area contributed by atoms with Crippen molar-refractivity contribution in [1.82, 2.24) is 14.5 Å². The Morgan fingerprint density at radius 2 is 1.83 bits per heavy atom. The number of terminal acetylenes is 1. The summed E-state index contributed by atoms with van der Waals surface area (Å²) in [5.74, 6) is 1.89. The molecule has 0 bridgehead atoms. The van der Waals surface area contributed by atoms with Crippen molar-refractivity contribution in [3.05, 3.63) is 93.9 Å². The number of benzene rings is 1. The lowest BCUT2D eigenvalue weighted by atomic mass is 10.1. The fourth-order valence-corrected chi connectivity index (χ4v) is 2.99. The molecule has 30 heavy (non-hydrogen) atoms. The molecule has 0 saturated heterocycles. The molecule has 0 radical (unpaired) electrons. The van der Waals surface area contributed by atoms with E-state index in [0.29, 0.717) is 18.1 Å². The zero-order chi connectivity index (χ0) is 21.3. The summed E-state index contributed by atoms with van der Waals surface area (Å²) >= 11 is 0. The number of hydrogen-bond donors (Lipinski definition) is 0. The molecule has 5 heteroatoms. The van der Waals surface area contributed by atoms with Gasteiger partial charge in [0.2, 0.25) is 0 Å². The maximum absolute atomic E-state index is 12.6. The zero-order valence-corrected chi connectivity index (χ0v) is 17.1. The first-order valence-electron chi connectivity index (χ1n) is 9.88. The molecule has 3 aromatic rings.